The average molecular weight is 589 g/mol. The van der Waals surface area contributed by atoms with Crippen LogP contribution in [0.1, 0.15) is 35.6 Å². The highest BCUT2D eigenvalue weighted by molar-refractivity contribution is 5.79. The second-order valence-electron chi connectivity index (χ2n) is 11.0. The topological polar surface area (TPSA) is 161 Å². The molecule has 3 saturated heterocycles. The Labute approximate surface area is 240 Å². The molecule has 13 heteroatoms. The Kier molecular flexibility index (Phi) is 6.83. The zero-order valence-corrected chi connectivity index (χ0v) is 23.1. The zero-order chi connectivity index (χ0) is 29.3. The van der Waals surface area contributed by atoms with Crippen LogP contribution in [0.25, 0.3) is 0 Å². The number of esters is 1. The Morgan fingerprint density at radius 3 is 2.26 bits per heavy atom. The van der Waals surface area contributed by atoms with Crippen molar-refractivity contribution in [3.63, 3.8) is 0 Å². The van der Waals surface area contributed by atoms with Crippen LogP contribution in [0.15, 0.2) is 24.3 Å². The van der Waals surface area contributed by atoms with E-state index in [2.05, 4.69) is 0 Å². The Morgan fingerprint density at radius 2 is 1.57 bits per heavy atom. The van der Waals surface area contributed by atoms with E-state index in [0.29, 0.717) is 28.2 Å². The van der Waals surface area contributed by atoms with E-state index >= 15 is 0 Å². The van der Waals surface area contributed by atoms with Gasteiger partial charge in [-0.15, -0.1) is 0 Å². The number of hydrogen-bond donors (Lipinski definition) is 3. The molecule has 0 bridgehead atoms. The monoisotopic (exact) mass is 588 g/mol. The molecule has 5 aliphatic rings. The number of carbonyl (C=O) groups is 1. The van der Waals surface area contributed by atoms with E-state index in [4.69, 9.17) is 42.6 Å². The van der Waals surface area contributed by atoms with Crippen molar-refractivity contribution in [1.82, 2.24) is 0 Å². The summed E-state index contributed by atoms with van der Waals surface area (Å²) in [7, 11) is 2.86. The Bertz CT molecular complexity index is 1350. The molecule has 7 rings (SSSR count). The molecule has 13 nitrogen and oxygen atoms in total. The Morgan fingerprint density at radius 1 is 0.881 bits per heavy atom. The first-order valence-corrected chi connectivity index (χ1v) is 13.8. The summed E-state index contributed by atoms with van der Waals surface area (Å²) in [6.45, 7) is 1.93. The van der Waals surface area contributed by atoms with Gasteiger partial charge in [-0.1, -0.05) is 0 Å². The number of rotatable bonds is 5. The second kappa shape index (κ2) is 10.4. The molecule has 0 aromatic heterocycles. The first-order chi connectivity index (χ1) is 20.3. The van der Waals surface area contributed by atoms with E-state index in [1.54, 1.807) is 31.2 Å². The maximum absolute atomic E-state index is 13.4. The van der Waals surface area contributed by atoms with Crippen molar-refractivity contribution >= 4 is 5.97 Å². The van der Waals surface area contributed by atoms with Crippen LogP contribution in [-0.4, -0.2) is 92.5 Å². The van der Waals surface area contributed by atoms with Crippen LogP contribution >= 0.6 is 0 Å². The third kappa shape index (κ3) is 4.26. The van der Waals surface area contributed by atoms with Gasteiger partial charge in [0.2, 0.25) is 12.5 Å². The Hall–Kier alpha value is -3.33. The van der Waals surface area contributed by atoms with E-state index in [1.807, 2.05) is 0 Å². The number of carbonyl (C=O) groups excluding carboxylic acids is 1. The number of cyclic esters (lactones) is 1. The summed E-state index contributed by atoms with van der Waals surface area (Å²) in [5.74, 6) is -1.02. The third-order valence-corrected chi connectivity index (χ3v) is 8.75. The molecule has 0 amide bonds. The van der Waals surface area contributed by atoms with Crippen LogP contribution in [0.4, 0.5) is 0 Å². The molecule has 2 aromatic rings. The highest BCUT2D eigenvalue weighted by Gasteiger charge is 2.56. The van der Waals surface area contributed by atoms with Crippen LogP contribution < -0.4 is 18.9 Å². The van der Waals surface area contributed by atoms with Crippen LogP contribution in [0.3, 0.4) is 0 Å². The molecule has 3 fully saturated rings. The summed E-state index contributed by atoms with van der Waals surface area (Å²) >= 11 is 0. The lowest BCUT2D eigenvalue weighted by Gasteiger charge is -2.47. The molecule has 0 radical (unpaired) electrons. The van der Waals surface area contributed by atoms with Gasteiger partial charge in [-0.05, 0) is 47.9 Å². The second-order valence-corrected chi connectivity index (χ2v) is 11.0. The predicted molar refractivity (Wildman–Crippen MR) is 138 cm³/mol. The highest BCUT2D eigenvalue weighted by Crippen LogP contribution is 2.57. The summed E-state index contributed by atoms with van der Waals surface area (Å²) in [6, 6.07) is 6.93. The molecule has 42 heavy (non-hydrogen) atoms. The lowest BCUT2D eigenvalue weighted by Crippen LogP contribution is -2.63. The van der Waals surface area contributed by atoms with Crippen LogP contribution in [0, 0.1) is 11.8 Å². The highest BCUT2D eigenvalue weighted by atomic mass is 16.8. The van der Waals surface area contributed by atoms with Gasteiger partial charge in [-0.3, -0.25) is 4.79 Å². The van der Waals surface area contributed by atoms with Gasteiger partial charge in [0.1, 0.15) is 24.4 Å². The zero-order valence-electron chi connectivity index (χ0n) is 23.1. The van der Waals surface area contributed by atoms with Crippen molar-refractivity contribution in [2.24, 2.45) is 11.8 Å². The van der Waals surface area contributed by atoms with Gasteiger partial charge in [0.05, 0.1) is 39.5 Å². The summed E-state index contributed by atoms with van der Waals surface area (Å²) in [4.78, 5) is 13.4. The summed E-state index contributed by atoms with van der Waals surface area (Å²) in [5.41, 5.74) is 2.01. The number of fused-ring (bicyclic) bond motifs is 4. The van der Waals surface area contributed by atoms with Gasteiger partial charge in [-0.25, -0.2) is 0 Å². The van der Waals surface area contributed by atoms with Crippen LogP contribution in [0.5, 0.6) is 28.7 Å². The number of aromatic hydroxyl groups is 1. The van der Waals surface area contributed by atoms with Gasteiger partial charge in [0, 0.05) is 11.8 Å². The largest absolute Gasteiger partial charge is 0.502 e. The molecule has 2 aromatic carbocycles. The number of hydrogen-bond acceptors (Lipinski definition) is 13. The summed E-state index contributed by atoms with van der Waals surface area (Å²) < 4.78 is 51.5. The van der Waals surface area contributed by atoms with Crippen molar-refractivity contribution in [1.29, 1.82) is 0 Å². The molecule has 0 spiro atoms. The fourth-order valence-corrected chi connectivity index (χ4v) is 6.74. The fourth-order valence-electron chi connectivity index (χ4n) is 6.74. The maximum atomic E-state index is 13.4. The van der Waals surface area contributed by atoms with Crippen molar-refractivity contribution in [3.8, 4) is 28.7 Å². The molecule has 1 aliphatic carbocycles. The SMILES string of the molecule is COc1cc([C@@H]2c3cc4c(cc3[C@@H](O[C@@H]3O[C@@H]5COC(C)O[C@@H]5[C@H](O)[C@@H]3O)[C@H]3COC(=O)[C@@H]23)OCO4)cc(OC)c1O. The molecule has 10 atom stereocenters. The van der Waals surface area contributed by atoms with Gasteiger partial charge in [-0.2, -0.15) is 0 Å². The minimum atomic E-state index is -1.44. The Balaban J connectivity index is 1.32. The number of phenols is 1. The van der Waals surface area contributed by atoms with Crippen molar-refractivity contribution in [2.75, 3.05) is 34.2 Å². The molecule has 4 aliphatic heterocycles. The van der Waals surface area contributed by atoms with E-state index in [-0.39, 0.29) is 37.3 Å². The number of methoxy groups -OCH3 is 2. The summed E-state index contributed by atoms with van der Waals surface area (Å²) in [6.07, 6.45) is -6.80. The predicted octanol–water partition coefficient (Wildman–Crippen LogP) is 1.34. The molecule has 4 heterocycles. The number of aliphatic hydroxyl groups excluding tert-OH is 2. The van der Waals surface area contributed by atoms with Gasteiger partial charge in [0.25, 0.3) is 0 Å². The molecule has 1 unspecified atom stereocenters. The van der Waals surface area contributed by atoms with Crippen molar-refractivity contribution < 1.29 is 62.7 Å². The lowest BCUT2D eigenvalue weighted by atomic mass is 9.66. The molecule has 226 valence electrons. The standard InChI is InChI=1S/C29H32O13/c1-11-36-9-20-27(40-11)24(31)25(32)29(41-20)42-26-14-7-17-16(38-10-39-17)6-13(14)21(22-15(26)8-37-28(22)33)12-4-18(34-2)23(30)19(5-12)35-3/h4-7,11,15,20-22,24-27,29-32H,8-10H2,1-3H3/t11?,15-,20+,21+,22+,24+,25-,26+,27-,29-/m0/s1. The van der Waals surface area contributed by atoms with Crippen molar-refractivity contribution in [2.45, 2.75) is 55.9 Å². The van der Waals surface area contributed by atoms with Crippen molar-refractivity contribution in [3.05, 3.63) is 41.0 Å². The lowest BCUT2D eigenvalue weighted by molar-refractivity contribution is -0.364. The fraction of sp³-hybridized carbons (Fsp3) is 0.552. The van der Waals surface area contributed by atoms with E-state index in [0.717, 1.165) is 0 Å². The minimum Gasteiger partial charge on any atom is -0.502 e. The van der Waals surface area contributed by atoms with Crippen LogP contribution in [0.2, 0.25) is 0 Å². The molecule has 0 saturated carbocycles. The summed E-state index contributed by atoms with van der Waals surface area (Å²) in [5, 5.41) is 32.5. The molecular formula is C29H32O13. The van der Waals surface area contributed by atoms with Gasteiger partial charge < -0.3 is 58.0 Å². The number of phenolic OH excluding ortho intramolecular Hbond substituents is 1. The third-order valence-electron chi connectivity index (χ3n) is 8.75. The maximum Gasteiger partial charge on any atom is 0.310 e. The van der Waals surface area contributed by atoms with E-state index < -0.39 is 66.8 Å². The molecule has 3 N–H and O–H groups in total. The smallest absolute Gasteiger partial charge is 0.310 e. The number of ether oxygens (including phenoxy) is 9. The van der Waals surface area contributed by atoms with E-state index in [1.165, 1.54) is 14.2 Å². The average Bonchev–Trinajstić information content (AvgIpc) is 3.61. The minimum absolute atomic E-state index is 0.0301. The normalized spacial score (nSPS) is 36.5. The molecular weight excluding hydrogens is 556 g/mol. The number of benzene rings is 2. The quantitative estimate of drug-likeness (QED) is 0.430. The van der Waals surface area contributed by atoms with Gasteiger partial charge in [0.15, 0.2) is 35.6 Å². The van der Waals surface area contributed by atoms with E-state index in [9.17, 15) is 20.1 Å². The van der Waals surface area contributed by atoms with Gasteiger partial charge >= 0.3 is 5.97 Å². The van der Waals surface area contributed by atoms with Crippen LogP contribution in [-0.2, 0) is 28.5 Å². The first-order valence-electron chi connectivity index (χ1n) is 13.8. The number of aliphatic hydroxyl groups is 2. The first kappa shape index (κ1) is 27.5.